The first-order valence-electron chi connectivity index (χ1n) is 16.9. The summed E-state index contributed by atoms with van der Waals surface area (Å²) in [5.41, 5.74) is 4.53. The Labute approximate surface area is 287 Å². The maximum absolute atomic E-state index is 11.7. The number of rotatable bonds is 12. The third-order valence-electron chi connectivity index (χ3n) is 9.89. The summed E-state index contributed by atoms with van der Waals surface area (Å²) in [5, 5.41) is 16.7. The monoisotopic (exact) mass is 801 g/mol. The topological polar surface area (TPSA) is 50.2 Å². The molecule has 4 aromatic rings. The SMILES string of the molecule is CCC(CC)C(=O)/C=C(\O)C(CC)CC.CC[Si](CC)(CC)c1cccc2c1ccc1c(-c3[c-]c(C)cc(C)c3)nccc12.[Ir]. The molecule has 0 aliphatic heterocycles. The fraction of sp³-hybridized carbons (Fsp3) is 0.450. The van der Waals surface area contributed by atoms with Gasteiger partial charge in [0.05, 0.1) is 13.8 Å². The van der Waals surface area contributed by atoms with Gasteiger partial charge < -0.3 is 10.1 Å². The second-order valence-corrected chi connectivity index (χ2v) is 17.5. The number of aryl methyl sites for hydroxylation is 2. The van der Waals surface area contributed by atoms with Crippen LogP contribution in [0.2, 0.25) is 18.1 Å². The van der Waals surface area contributed by atoms with Crippen molar-refractivity contribution in [1.82, 2.24) is 4.98 Å². The van der Waals surface area contributed by atoms with E-state index in [1.54, 1.807) is 5.19 Å². The van der Waals surface area contributed by atoms with E-state index in [2.05, 4.69) is 89.2 Å². The average molecular weight is 801 g/mol. The van der Waals surface area contributed by atoms with Crippen molar-refractivity contribution in [1.29, 1.82) is 0 Å². The van der Waals surface area contributed by atoms with Gasteiger partial charge in [-0.15, -0.1) is 34.9 Å². The number of allylic oxidation sites excluding steroid dienone is 2. The zero-order valence-corrected chi connectivity index (χ0v) is 32.4. The standard InChI is InChI=1S/C27H30NSi.C13H24O2.Ir/c1-6-29(7-2,8-3)26-11-9-10-22-23-14-15-28-27(25(23)13-12-24(22)26)21-17-19(4)16-20(5)18-21;1-5-10(6-2)12(14)9-13(15)11(7-3)8-4;/h9-17H,6-8H2,1-5H3;9-11,14H,5-8H2,1-4H3;/q-1;;/b;12-9-;. The zero-order valence-electron chi connectivity index (χ0n) is 29.0. The molecule has 0 unspecified atom stereocenters. The summed E-state index contributed by atoms with van der Waals surface area (Å²) in [7, 11) is -1.46. The van der Waals surface area contributed by atoms with Crippen molar-refractivity contribution in [2.75, 3.05) is 0 Å². The van der Waals surface area contributed by atoms with E-state index in [-0.39, 0.29) is 43.5 Å². The van der Waals surface area contributed by atoms with E-state index in [0.29, 0.717) is 0 Å². The molecule has 0 amide bonds. The van der Waals surface area contributed by atoms with E-state index in [9.17, 15) is 9.90 Å². The van der Waals surface area contributed by atoms with Crippen LogP contribution in [-0.2, 0) is 24.9 Å². The van der Waals surface area contributed by atoms with Gasteiger partial charge in [-0.25, -0.2) is 0 Å². The second kappa shape index (κ2) is 17.9. The molecular weight excluding hydrogens is 747 g/mol. The number of aliphatic hydroxyl groups excluding tert-OH is 1. The minimum Gasteiger partial charge on any atom is -0.512 e. The van der Waals surface area contributed by atoms with Crippen molar-refractivity contribution < 1.29 is 30.0 Å². The van der Waals surface area contributed by atoms with Crippen LogP contribution in [0.4, 0.5) is 0 Å². The molecule has 0 fully saturated rings. The fourth-order valence-corrected chi connectivity index (χ4v) is 10.7. The van der Waals surface area contributed by atoms with Gasteiger partial charge >= 0.3 is 0 Å². The van der Waals surface area contributed by atoms with Gasteiger partial charge in [0.25, 0.3) is 0 Å². The first kappa shape index (κ1) is 38.6. The molecular formula is C40H54IrNO2Si-. The number of ketones is 1. The van der Waals surface area contributed by atoms with E-state index in [0.717, 1.165) is 42.5 Å². The Balaban J connectivity index is 0.000000378. The van der Waals surface area contributed by atoms with Gasteiger partial charge in [-0.1, -0.05) is 116 Å². The van der Waals surface area contributed by atoms with E-state index >= 15 is 0 Å². The number of carbonyl (C=O) groups excluding carboxylic acids is 1. The predicted molar refractivity (Wildman–Crippen MR) is 194 cm³/mol. The molecule has 1 heterocycles. The van der Waals surface area contributed by atoms with Crippen LogP contribution in [0.3, 0.4) is 0 Å². The number of pyridine rings is 1. The molecule has 3 aromatic carbocycles. The summed E-state index contributed by atoms with van der Waals surface area (Å²) in [6.45, 7) is 19.5. The van der Waals surface area contributed by atoms with Gasteiger partial charge in [-0.2, -0.15) is 0 Å². The third kappa shape index (κ3) is 8.81. The van der Waals surface area contributed by atoms with Crippen molar-refractivity contribution in [2.24, 2.45) is 11.8 Å². The summed E-state index contributed by atoms with van der Waals surface area (Å²) in [4.78, 5) is 16.5. The summed E-state index contributed by atoms with van der Waals surface area (Å²) in [6, 6.07) is 25.6. The number of aliphatic hydroxyl groups is 1. The first-order chi connectivity index (χ1) is 21.1. The minimum atomic E-state index is -1.46. The van der Waals surface area contributed by atoms with Crippen LogP contribution in [0.1, 0.15) is 85.3 Å². The maximum Gasteiger partial charge on any atom is 0.162 e. The molecule has 1 aromatic heterocycles. The van der Waals surface area contributed by atoms with Crippen molar-refractivity contribution in [3.63, 3.8) is 0 Å². The van der Waals surface area contributed by atoms with Crippen molar-refractivity contribution >= 4 is 40.6 Å². The van der Waals surface area contributed by atoms with E-state index in [1.165, 1.54) is 51.3 Å². The van der Waals surface area contributed by atoms with Crippen molar-refractivity contribution in [3.8, 4) is 11.3 Å². The van der Waals surface area contributed by atoms with Crippen LogP contribution >= 0.6 is 0 Å². The second-order valence-electron chi connectivity index (χ2n) is 12.3. The number of nitrogens with zero attached hydrogens (tertiary/aromatic N) is 1. The summed E-state index contributed by atoms with van der Waals surface area (Å²) >= 11 is 0. The van der Waals surface area contributed by atoms with E-state index < -0.39 is 8.07 Å². The molecule has 45 heavy (non-hydrogen) atoms. The van der Waals surface area contributed by atoms with E-state index in [1.807, 2.05) is 33.9 Å². The molecule has 0 bridgehead atoms. The van der Waals surface area contributed by atoms with Crippen LogP contribution in [0.5, 0.6) is 0 Å². The summed E-state index contributed by atoms with van der Waals surface area (Å²) < 4.78 is 0. The molecule has 0 spiro atoms. The summed E-state index contributed by atoms with van der Waals surface area (Å²) in [6.07, 6.45) is 6.86. The summed E-state index contributed by atoms with van der Waals surface area (Å²) in [5.74, 6) is 0.547. The number of aromatic nitrogens is 1. The molecule has 245 valence electrons. The van der Waals surface area contributed by atoms with Gasteiger partial charge in [-0.3, -0.25) is 4.79 Å². The first-order valence-corrected chi connectivity index (χ1v) is 19.5. The Morgan fingerprint density at radius 3 is 1.93 bits per heavy atom. The van der Waals surface area contributed by atoms with Crippen LogP contribution in [0, 0.1) is 31.7 Å². The van der Waals surface area contributed by atoms with Crippen LogP contribution in [-0.4, -0.2) is 23.9 Å². The van der Waals surface area contributed by atoms with Gasteiger partial charge in [0.2, 0.25) is 0 Å². The third-order valence-corrected chi connectivity index (χ3v) is 15.5. The molecule has 1 N–H and O–H groups in total. The van der Waals surface area contributed by atoms with Gasteiger partial charge in [0.15, 0.2) is 5.78 Å². The molecule has 1 radical (unpaired) electrons. The van der Waals surface area contributed by atoms with Crippen LogP contribution in [0.25, 0.3) is 32.8 Å². The minimum absolute atomic E-state index is 0. The van der Waals surface area contributed by atoms with Gasteiger partial charge in [0, 0.05) is 44.2 Å². The Kier molecular flexibility index (Phi) is 15.4. The molecule has 0 aliphatic carbocycles. The predicted octanol–water partition coefficient (Wildman–Crippen LogP) is 11.1. The molecule has 3 nitrogen and oxygen atoms in total. The van der Waals surface area contributed by atoms with E-state index in [4.69, 9.17) is 4.98 Å². The van der Waals surface area contributed by atoms with Gasteiger partial charge in [-0.05, 0) is 59.0 Å². The van der Waals surface area contributed by atoms with Crippen molar-refractivity contribution in [2.45, 2.75) is 106 Å². The number of hydrogen-bond acceptors (Lipinski definition) is 3. The molecule has 0 atom stereocenters. The van der Waals surface area contributed by atoms with Crippen LogP contribution in [0.15, 0.2) is 66.6 Å². The Hall–Kier alpha value is -2.59. The zero-order chi connectivity index (χ0) is 32.4. The Bertz CT molecular complexity index is 1550. The number of hydrogen-bond donors (Lipinski definition) is 1. The molecule has 0 saturated carbocycles. The quantitative estimate of drug-likeness (QED) is 0.0510. The van der Waals surface area contributed by atoms with Crippen LogP contribution < -0.4 is 5.19 Å². The number of benzene rings is 3. The normalized spacial score (nSPS) is 11.9. The molecule has 0 aliphatic rings. The smallest absolute Gasteiger partial charge is 0.162 e. The van der Waals surface area contributed by atoms with Crippen molar-refractivity contribution in [3.05, 3.63) is 83.8 Å². The Morgan fingerprint density at radius 2 is 1.38 bits per heavy atom. The Morgan fingerprint density at radius 1 is 0.800 bits per heavy atom. The largest absolute Gasteiger partial charge is 0.512 e. The average Bonchev–Trinajstić information content (AvgIpc) is 3.03. The molecule has 4 rings (SSSR count). The molecule has 0 saturated heterocycles. The maximum atomic E-state index is 11.7. The number of fused-ring (bicyclic) bond motifs is 3. The fourth-order valence-electron chi connectivity index (χ4n) is 6.82. The number of carbonyl (C=O) groups is 1. The molecule has 5 heteroatoms. The van der Waals surface area contributed by atoms with Gasteiger partial charge in [0.1, 0.15) is 0 Å².